The van der Waals surface area contributed by atoms with E-state index in [1.54, 1.807) is 24.3 Å². The van der Waals surface area contributed by atoms with Gasteiger partial charge in [0.15, 0.2) is 0 Å². The molecule has 3 N–H and O–H groups in total. The molecule has 1 aliphatic rings. The van der Waals surface area contributed by atoms with Gasteiger partial charge in [-0.3, -0.25) is 0 Å². The van der Waals surface area contributed by atoms with Crippen LogP contribution < -0.4 is 10.5 Å². The van der Waals surface area contributed by atoms with Crippen LogP contribution in [-0.4, -0.2) is 20.5 Å². The highest BCUT2D eigenvalue weighted by Gasteiger charge is 2.25. The molecule has 1 aliphatic carbocycles. The lowest BCUT2D eigenvalue weighted by molar-refractivity contribution is 0.456. The molecule has 0 spiro atoms. The van der Waals surface area contributed by atoms with Crippen molar-refractivity contribution in [3.05, 3.63) is 35.4 Å². The third-order valence-corrected chi connectivity index (χ3v) is 5.24. The summed E-state index contributed by atoms with van der Waals surface area (Å²) in [7, 11) is -3.50. The fraction of sp³-hybridized carbons (Fsp3) is 0.533. The molecule has 2 unspecified atom stereocenters. The van der Waals surface area contributed by atoms with Crippen LogP contribution in [0, 0.1) is 11.3 Å². The lowest BCUT2D eigenvalue weighted by Crippen LogP contribution is -2.47. The molecule has 0 aromatic heterocycles. The molecule has 0 heterocycles. The Morgan fingerprint density at radius 1 is 1.24 bits per heavy atom. The van der Waals surface area contributed by atoms with Gasteiger partial charge >= 0.3 is 0 Å². The predicted molar refractivity (Wildman–Crippen MR) is 81.8 cm³/mol. The van der Waals surface area contributed by atoms with Crippen LogP contribution >= 0.6 is 0 Å². The zero-order valence-electron chi connectivity index (χ0n) is 12.0. The molecule has 1 fully saturated rings. The Morgan fingerprint density at radius 3 is 2.71 bits per heavy atom. The Hall–Kier alpha value is -1.42. The van der Waals surface area contributed by atoms with Crippen molar-refractivity contribution < 1.29 is 8.42 Å². The average molecular weight is 307 g/mol. The summed E-state index contributed by atoms with van der Waals surface area (Å²) in [5.74, 6) is -0.181. The van der Waals surface area contributed by atoms with Crippen LogP contribution in [0.1, 0.15) is 43.2 Å². The van der Waals surface area contributed by atoms with Gasteiger partial charge in [0.05, 0.1) is 17.4 Å². The number of rotatable bonds is 4. The van der Waals surface area contributed by atoms with E-state index in [4.69, 9.17) is 11.0 Å². The minimum absolute atomic E-state index is 0.131. The van der Waals surface area contributed by atoms with Gasteiger partial charge in [-0.25, -0.2) is 13.1 Å². The summed E-state index contributed by atoms with van der Waals surface area (Å²) in [4.78, 5) is 0. The number of nitrogens with one attached hydrogen (secondary N) is 1. The van der Waals surface area contributed by atoms with E-state index in [9.17, 15) is 8.42 Å². The first kappa shape index (κ1) is 16.0. The molecular formula is C15H21N3O2S. The van der Waals surface area contributed by atoms with Crippen LogP contribution in [0.3, 0.4) is 0 Å². The second-order valence-corrected chi connectivity index (χ2v) is 7.31. The van der Waals surface area contributed by atoms with Crippen molar-refractivity contribution in [2.75, 3.05) is 0 Å². The maximum Gasteiger partial charge on any atom is 0.216 e. The highest BCUT2D eigenvalue weighted by molar-refractivity contribution is 7.88. The lowest BCUT2D eigenvalue weighted by Gasteiger charge is -2.22. The summed E-state index contributed by atoms with van der Waals surface area (Å²) >= 11 is 0. The van der Waals surface area contributed by atoms with Crippen molar-refractivity contribution in [3.8, 4) is 6.07 Å². The molecule has 114 valence electrons. The monoisotopic (exact) mass is 307 g/mol. The first-order valence-electron chi connectivity index (χ1n) is 7.25. The Labute approximate surface area is 126 Å². The van der Waals surface area contributed by atoms with Gasteiger partial charge in [0.2, 0.25) is 10.0 Å². The molecule has 1 aromatic carbocycles. The molecular weight excluding hydrogens is 286 g/mol. The van der Waals surface area contributed by atoms with Crippen LogP contribution in [0.5, 0.6) is 0 Å². The Kier molecular flexibility index (Phi) is 5.34. The fourth-order valence-corrected chi connectivity index (χ4v) is 4.21. The van der Waals surface area contributed by atoms with Gasteiger partial charge in [-0.2, -0.15) is 5.26 Å². The van der Waals surface area contributed by atoms with Crippen molar-refractivity contribution in [1.29, 1.82) is 5.26 Å². The predicted octanol–water partition coefficient (Wildman–Crippen LogP) is 1.64. The van der Waals surface area contributed by atoms with Crippen molar-refractivity contribution >= 4 is 10.0 Å². The second-order valence-electron chi connectivity index (χ2n) is 5.55. The zero-order valence-corrected chi connectivity index (χ0v) is 12.8. The van der Waals surface area contributed by atoms with E-state index in [-0.39, 0.29) is 17.8 Å². The van der Waals surface area contributed by atoms with Gasteiger partial charge < -0.3 is 5.73 Å². The topological polar surface area (TPSA) is 96.0 Å². The number of hydrogen-bond acceptors (Lipinski definition) is 4. The van der Waals surface area contributed by atoms with Crippen molar-refractivity contribution in [2.24, 2.45) is 5.73 Å². The highest BCUT2D eigenvalue weighted by Crippen LogP contribution is 2.18. The number of sulfonamides is 1. The fourth-order valence-electron chi connectivity index (χ4n) is 2.71. The molecule has 2 atom stereocenters. The quantitative estimate of drug-likeness (QED) is 0.826. The van der Waals surface area contributed by atoms with E-state index in [2.05, 4.69) is 4.72 Å². The summed E-state index contributed by atoms with van der Waals surface area (Å²) in [5, 5.41) is 9.03. The van der Waals surface area contributed by atoms with E-state index in [1.165, 1.54) is 0 Å². The zero-order chi connectivity index (χ0) is 15.3. The molecule has 0 bridgehead atoms. The summed E-state index contributed by atoms with van der Waals surface area (Å²) in [6, 6.07) is 8.45. The smallest absolute Gasteiger partial charge is 0.216 e. The molecule has 1 aromatic rings. The summed E-state index contributed by atoms with van der Waals surface area (Å²) in [5.41, 5.74) is 6.98. The molecule has 0 radical (unpaired) electrons. The SMILES string of the molecule is N#Cc1ccccc1CS(=O)(=O)NC1CCCCCC1N. The summed E-state index contributed by atoms with van der Waals surface area (Å²) in [6.45, 7) is 0. The maximum atomic E-state index is 12.3. The highest BCUT2D eigenvalue weighted by atomic mass is 32.2. The molecule has 5 nitrogen and oxygen atoms in total. The summed E-state index contributed by atoms with van der Waals surface area (Å²) in [6.07, 6.45) is 4.78. The molecule has 6 heteroatoms. The Balaban J connectivity index is 2.10. The molecule has 0 aliphatic heterocycles. The van der Waals surface area contributed by atoms with Gasteiger partial charge in [0.1, 0.15) is 0 Å². The van der Waals surface area contributed by atoms with E-state index in [0.717, 1.165) is 32.1 Å². The Morgan fingerprint density at radius 2 is 1.95 bits per heavy atom. The molecule has 1 saturated carbocycles. The third kappa shape index (κ3) is 4.53. The van der Waals surface area contributed by atoms with E-state index in [0.29, 0.717) is 11.1 Å². The van der Waals surface area contributed by atoms with Gasteiger partial charge in [-0.1, -0.05) is 37.5 Å². The van der Waals surface area contributed by atoms with Crippen molar-refractivity contribution in [1.82, 2.24) is 4.72 Å². The standard InChI is InChI=1S/C15H21N3O2S/c16-10-12-6-4-5-7-13(12)11-21(19,20)18-15-9-3-1-2-8-14(15)17/h4-7,14-15,18H,1-3,8-9,11,17H2. The average Bonchev–Trinajstić information content (AvgIpc) is 2.64. The van der Waals surface area contributed by atoms with Gasteiger partial charge in [-0.15, -0.1) is 0 Å². The molecule has 21 heavy (non-hydrogen) atoms. The number of nitrogens with two attached hydrogens (primary N) is 1. The molecule has 0 saturated heterocycles. The maximum absolute atomic E-state index is 12.3. The number of hydrogen-bond donors (Lipinski definition) is 2. The largest absolute Gasteiger partial charge is 0.326 e. The van der Waals surface area contributed by atoms with Crippen LogP contribution in [0.2, 0.25) is 0 Å². The number of nitriles is 1. The number of benzene rings is 1. The van der Waals surface area contributed by atoms with Crippen LogP contribution in [0.15, 0.2) is 24.3 Å². The normalized spacial score (nSPS) is 23.2. The van der Waals surface area contributed by atoms with Gasteiger partial charge in [0.25, 0.3) is 0 Å². The third-order valence-electron chi connectivity index (χ3n) is 3.88. The van der Waals surface area contributed by atoms with Crippen LogP contribution in [0.25, 0.3) is 0 Å². The first-order chi connectivity index (χ1) is 10.0. The van der Waals surface area contributed by atoms with Gasteiger partial charge in [0, 0.05) is 12.1 Å². The van der Waals surface area contributed by atoms with E-state index in [1.807, 2.05) is 6.07 Å². The van der Waals surface area contributed by atoms with Crippen LogP contribution in [-0.2, 0) is 15.8 Å². The minimum atomic E-state index is -3.50. The van der Waals surface area contributed by atoms with E-state index >= 15 is 0 Å². The molecule has 2 rings (SSSR count). The Bertz CT molecular complexity index is 622. The van der Waals surface area contributed by atoms with Crippen LogP contribution in [0.4, 0.5) is 0 Å². The van der Waals surface area contributed by atoms with E-state index < -0.39 is 10.0 Å². The first-order valence-corrected chi connectivity index (χ1v) is 8.90. The van der Waals surface area contributed by atoms with Crippen molar-refractivity contribution in [2.45, 2.75) is 49.9 Å². The molecule has 0 amide bonds. The lowest BCUT2D eigenvalue weighted by atomic mass is 10.1. The number of nitrogens with zero attached hydrogens (tertiary/aromatic N) is 1. The van der Waals surface area contributed by atoms with Crippen molar-refractivity contribution in [3.63, 3.8) is 0 Å². The minimum Gasteiger partial charge on any atom is -0.326 e. The second kappa shape index (κ2) is 7.03. The van der Waals surface area contributed by atoms with Gasteiger partial charge in [-0.05, 0) is 24.5 Å². The summed E-state index contributed by atoms with van der Waals surface area (Å²) < 4.78 is 27.4.